The zero-order chi connectivity index (χ0) is 8.81. The van der Waals surface area contributed by atoms with Gasteiger partial charge in [-0.15, -0.1) is 0 Å². The van der Waals surface area contributed by atoms with E-state index in [2.05, 4.69) is 14.9 Å². The molecule has 0 bridgehead atoms. The molecule has 1 saturated heterocycles. The Balaban J connectivity index is 2.24. The minimum Gasteiger partial charge on any atom is -0.398 e. The first-order valence-electron chi connectivity index (χ1n) is 3.98. The maximum absolute atomic E-state index is 5.59. The van der Waals surface area contributed by atoms with Gasteiger partial charge in [-0.1, -0.05) is 5.16 Å². The fourth-order valence-electron chi connectivity index (χ4n) is 1.13. The number of oxime groups is 1. The number of nitrogens with zero attached hydrogens (tertiary/aromatic N) is 2. The van der Waals surface area contributed by atoms with Crippen LogP contribution in [0.2, 0.25) is 0 Å². The van der Waals surface area contributed by atoms with E-state index in [4.69, 9.17) is 5.73 Å². The molecule has 1 rings (SSSR count). The molecule has 0 atom stereocenters. The van der Waals surface area contributed by atoms with E-state index in [1.54, 1.807) is 0 Å². The lowest BCUT2D eigenvalue weighted by Crippen LogP contribution is -2.39. The zero-order valence-corrected chi connectivity index (χ0v) is 8.14. The van der Waals surface area contributed by atoms with Gasteiger partial charge in [-0.25, -0.2) is 0 Å². The van der Waals surface area contributed by atoms with Crippen LogP contribution in [0.5, 0.6) is 0 Å². The Morgan fingerprint density at radius 1 is 1.58 bits per heavy atom. The summed E-state index contributed by atoms with van der Waals surface area (Å²) in [6, 6.07) is 0. The Labute approximate surface area is 77.1 Å². The molecule has 0 spiro atoms. The number of rotatable bonds is 3. The molecule has 0 unspecified atom stereocenters. The first-order chi connectivity index (χ1) is 5.83. The molecule has 0 saturated carbocycles. The molecule has 0 aliphatic carbocycles. The predicted molar refractivity (Wildman–Crippen MR) is 52.4 cm³/mol. The van der Waals surface area contributed by atoms with Crippen molar-refractivity contribution in [1.29, 1.82) is 0 Å². The standard InChI is InChI=1S/C7H15N3OS/c1-11-9-7(8)6-10-2-4-12-5-3-10/h2-6H2,1H3,(H2,8,9). The fourth-order valence-corrected chi connectivity index (χ4v) is 2.11. The molecule has 2 N–H and O–H groups in total. The van der Waals surface area contributed by atoms with Crippen LogP contribution in [0.3, 0.4) is 0 Å². The Hall–Kier alpha value is -0.420. The normalized spacial score (nSPS) is 20.9. The maximum atomic E-state index is 5.59. The van der Waals surface area contributed by atoms with E-state index in [0.29, 0.717) is 5.84 Å². The van der Waals surface area contributed by atoms with Crippen molar-refractivity contribution >= 4 is 17.6 Å². The lowest BCUT2D eigenvalue weighted by Gasteiger charge is -2.25. The van der Waals surface area contributed by atoms with Gasteiger partial charge in [-0.05, 0) is 0 Å². The van der Waals surface area contributed by atoms with Crippen molar-refractivity contribution in [2.75, 3.05) is 38.2 Å². The second-order valence-corrected chi connectivity index (χ2v) is 3.88. The van der Waals surface area contributed by atoms with E-state index >= 15 is 0 Å². The second-order valence-electron chi connectivity index (χ2n) is 2.65. The van der Waals surface area contributed by atoms with Gasteiger partial charge >= 0.3 is 0 Å². The summed E-state index contributed by atoms with van der Waals surface area (Å²) in [5.41, 5.74) is 5.59. The Bertz CT molecular complexity index is 157. The van der Waals surface area contributed by atoms with Crippen molar-refractivity contribution in [3.8, 4) is 0 Å². The molecule has 1 fully saturated rings. The molecule has 1 aliphatic rings. The summed E-state index contributed by atoms with van der Waals surface area (Å²) in [6.07, 6.45) is 0. The van der Waals surface area contributed by atoms with Crippen molar-refractivity contribution in [2.24, 2.45) is 10.9 Å². The minimum atomic E-state index is 0.560. The summed E-state index contributed by atoms with van der Waals surface area (Å²) in [5.74, 6) is 2.95. The van der Waals surface area contributed by atoms with Crippen LogP contribution in [0, 0.1) is 0 Å². The third-order valence-electron chi connectivity index (χ3n) is 1.70. The van der Waals surface area contributed by atoms with E-state index in [-0.39, 0.29) is 0 Å². The highest BCUT2D eigenvalue weighted by Crippen LogP contribution is 2.07. The van der Waals surface area contributed by atoms with Crippen LogP contribution >= 0.6 is 11.8 Å². The Morgan fingerprint density at radius 2 is 2.25 bits per heavy atom. The number of nitrogens with two attached hydrogens (primary N) is 1. The quantitative estimate of drug-likeness (QED) is 0.384. The average Bonchev–Trinajstić information content (AvgIpc) is 2.06. The van der Waals surface area contributed by atoms with Crippen molar-refractivity contribution < 1.29 is 4.84 Å². The molecule has 4 nitrogen and oxygen atoms in total. The highest BCUT2D eigenvalue weighted by Gasteiger charge is 2.11. The molecule has 12 heavy (non-hydrogen) atoms. The van der Waals surface area contributed by atoms with Crippen LogP contribution in [0.25, 0.3) is 0 Å². The van der Waals surface area contributed by atoms with Crippen LogP contribution in [-0.4, -0.2) is 49.0 Å². The van der Waals surface area contributed by atoms with Crippen molar-refractivity contribution in [3.05, 3.63) is 0 Å². The van der Waals surface area contributed by atoms with Gasteiger partial charge in [0.1, 0.15) is 7.11 Å². The fraction of sp³-hybridized carbons (Fsp3) is 0.857. The molecule has 70 valence electrons. The average molecular weight is 189 g/mol. The van der Waals surface area contributed by atoms with Crippen LogP contribution in [0.4, 0.5) is 0 Å². The minimum absolute atomic E-state index is 0.560. The third kappa shape index (κ3) is 3.32. The topological polar surface area (TPSA) is 50.9 Å². The van der Waals surface area contributed by atoms with E-state index < -0.39 is 0 Å². The largest absolute Gasteiger partial charge is 0.398 e. The summed E-state index contributed by atoms with van der Waals surface area (Å²) in [5, 5.41) is 3.66. The first-order valence-corrected chi connectivity index (χ1v) is 5.14. The number of amidine groups is 1. The molecule has 1 aliphatic heterocycles. The van der Waals surface area contributed by atoms with Crippen molar-refractivity contribution in [1.82, 2.24) is 4.90 Å². The first kappa shape index (κ1) is 9.67. The summed E-state index contributed by atoms with van der Waals surface area (Å²) in [6.45, 7) is 2.93. The summed E-state index contributed by atoms with van der Waals surface area (Å²) in [7, 11) is 1.51. The third-order valence-corrected chi connectivity index (χ3v) is 2.64. The molecule has 0 aromatic rings. The maximum Gasteiger partial charge on any atom is 0.153 e. The summed E-state index contributed by atoms with van der Waals surface area (Å²) < 4.78 is 0. The Morgan fingerprint density at radius 3 is 2.83 bits per heavy atom. The summed E-state index contributed by atoms with van der Waals surface area (Å²) in [4.78, 5) is 6.86. The van der Waals surface area contributed by atoms with Crippen molar-refractivity contribution in [2.45, 2.75) is 0 Å². The molecule has 0 radical (unpaired) electrons. The van der Waals surface area contributed by atoms with Gasteiger partial charge in [0.2, 0.25) is 0 Å². The van der Waals surface area contributed by atoms with Gasteiger partial charge in [0.25, 0.3) is 0 Å². The Kier molecular flexibility index (Phi) is 4.24. The highest BCUT2D eigenvalue weighted by molar-refractivity contribution is 7.99. The highest BCUT2D eigenvalue weighted by atomic mass is 32.2. The van der Waals surface area contributed by atoms with Gasteiger partial charge in [0, 0.05) is 24.6 Å². The molecule has 0 aromatic carbocycles. The second kappa shape index (κ2) is 5.27. The molecule has 0 amide bonds. The van der Waals surface area contributed by atoms with E-state index in [1.807, 2.05) is 11.8 Å². The van der Waals surface area contributed by atoms with Gasteiger partial charge in [0.05, 0.1) is 6.54 Å². The smallest absolute Gasteiger partial charge is 0.153 e. The summed E-state index contributed by atoms with van der Waals surface area (Å²) >= 11 is 1.99. The molecule has 1 heterocycles. The van der Waals surface area contributed by atoms with Crippen LogP contribution < -0.4 is 5.73 Å². The monoisotopic (exact) mass is 189 g/mol. The van der Waals surface area contributed by atoms with E-state index in [0.717, 1.165) is 19.6 Å². The van der Waals surface area contributed by atoms with Crippen LogP contribution in [-0.2, 0) is 4.84 Å². The number of thioether (sulfide) groups is 1. The molecular weight excluding hydrogens is 174 g/mol. The van der Waals surface area contributed by atoms with Gasteiger partial charge < -0.3 is 10.6 Å². The zero-order valence-electron chi connectivity index (χ0n) is 7.32. The molecule has 5 heteroatoms. The molecule has 0 aromatic heterocycles. The SMILES string of the molecule is CO/N=C(\N)CN1CCSCC1. The van der Waals surface area contributed by atoms with Crippen LogP contribution in [0.1, 0.15) is 0 Å². The van der Waals surface area contributed by atoms with Gasteiger partial charge in [0.15, 0.2) is 5.84 Å². The van der Waals surface area contributed by atoms with Crippen LogP contribution in [0.15, 0.2) is 5.16 Å². The van der Waals surface area contributed by atoms with Crippen molar-refractivity contribution in [3.63, 3.8) is 0 Å². The van der Waals surface area contributed by atoms with Gasteiger partial charge in [-0.3, -0.25) is 4.90 Å². The lowest BCUT2D eigenvalue weighted by atomic mass is 10.4. The van der Waals surface area contributed by atoms with E-state index in [1.165, 1.54) is 18.6 Å². The van der Waals surface area contributed by atoms with Gasteiger partial charge in [-0.2, -0.15) is 11.8 Å². The van der Waals surface area contributed by atoms with E-state index in [9.17, 15) is 0 Å². The lowest BCUT2D eigenvalue weighted by molar-refractivity contribution is 0.209. The number of hydrogen-bond donors (Lipinski definition) is 1. The number of hydrogen-bond acceptors (Lipinski definition) is 4. The molecular formula is C7H15N3OS. The predicted octanol–water partition coefficient (Wildman–Crippen LogP) is -0.0462.